The van der Waals surface area contributed by atoms with Crippen LogP contribution in [0.3, 0.4) is 0 Å². The van der Waals surface area contributed by atoms with Gasteiger partial charge >= 0.3 is 0 Å². The third kappa shape index (κ3) is 6.33. The number of rotatable bonds is 8. The zero-order valence-corrected chi connectivity index (χ0v) is 23.6. The number of hydrazone groups is 1. The van der Waals surface area contributed by atoms with E-state index in [1.807, 2.05) is 37.5 Å². The highest BCUT2D eigenvalue weighted by atomic mass is 35.5. The molecule has 1 aromatic heterocycles. The molecule has 39 heavy (non-hydrogen) atoms. The molecule has 11 heteroatoms. The van der Waals surface area contributed by atoms with Crippen LogP contribution in [-0.4, -0.2) is 31.7 Å². The molecule has 7 nitrogen and oxygen atoms in total. The van der Waals surface area contributed by atoms with E-state index in [1.54, 1.807) is 24.3 Å². The predicted molar refractivity (Wildman–Crippen MR) is 153 cm³/mol. The normalized spacial score (nSPS) is 11.6. The summed E-state index contributed by atoms with van der Waals surface area (Å²) in [7, 11) is -4.13. The number of carbonyl (C=O) groups excluding carboxylic acids is 1. The lowest BCUT2D eigenvalue weighted by atomic mass is 10.2. The van der Waals surface area contributed by atoms with Gasteiger partial charge in [0.1, 0.15) is 12.4 Å². The molecule has 0 radical (unpaired) electrons. The number of benzene rings is 3. The SMILES string of the molecule is Cc1ccc(S(=O)(=O)N(CC(=O)N/N=C\c2cc(C)n(-c3ccc(Cl)c(Cl)c3)c2C)c2ccc(F)cc2)cc1. The van der Waals surface area contributed by atoms with Crippen LogP contribution in [0.25, 0.3) is 5.69 Å². The molecule has 0 aliphatic carbocycles. The van der Waals surface area contributed by atoms with E-state index in [4.69, 9.17) is 23.2 Å². The predicted octanol–water partition coefficient (Wildman–Crippen LogP) is 6.19. The number of hydrogen-bond donors (Lipinski definition) is 1. The van der Waals surface area contributed by atoms with Gasteiger partial charge in [0.05, 0.1) is 26.8 Å². The molecule has 4 aromatic rings. The summed E-state index contributed by atoms with van der Waals surface area (Å²) in [5, 5.41) is 4.92. The number of amides is 1. The highest BCUT2D eigenvalue weighted by Crippen LogP contribution is 2.27. The molecule has 4 rings (SSSR count). The molecule has 0 bridgehead atoms. The molecule has 1 heterocycles. The number of anilines is 1. The molecule has 0 aliphatic heterocycles. The number of carbonyl (C=O) groups is 1. The van der Waals surface area contributed by atoms with E-state index < -0.39 is 28.3 Å². The average molecular weight is 588 g/mol. The van der Waals surface area contributed by atoms with Gasteiger partial charge in [0.25, 0.3) is 15.9 Å². The zero-order valence-electron chi connectivity index (χ0n) is 21.3. The first-order valence-electron chi connectivity index (χ1n) is 11.8. The molecule has 1 amide bonds. The van der Waals surface area contributed by atoms with Crippen molar-refractivity contribution in [2.75, 3.05) is 10.8 Å². The Hall–Kier alpha value is -3.66. The van der Waals surface area contributed by atoms with Crippen molar-refractivity contribution in [1.82, 2.24) is 9.99 Å². The average Bonchev–Trinajstić information content (AvgIpc) is 3.17. The number of nitrogens with one attached hydrogen (secondary N) is 1. The van der Waals surface area contributed by atoms with Gasteiger partial charge in [-0.15, -0.1) is 0 Å². The smallest absolute Gasteiger partial charge is 0.264 e. The summed E-state index contributed by atoms with van der Waals surface area (Å²) in [6.07, 6.45) is 1.48. The van der Waals surface area contributed by atoms with Gasteiger partial charge in [-0.2, -0.15) is 5.10 Å². The van der Waals surface area contributed by atoms with Gasteiger partial charge in [0.15, 0.2) is 0 Å². The van der Waals surface area contributed by atoms with E-state index in [1.165, 1.54) is 30.5 Å². The van der Waals surface area contributed by atoms with Crippen molar-refractivity contribution in [1.29, 1.82) is 0 Å². The molecule has 0 aliphatic rings. The first-order chi connectivity index (χ1) is 18.5. The number of aromatic nitrogens is 1. The molecule has 3 aromatic carbocycles. The second-order valence-electron chi connectivity index (χ2n) is 8.85. The lowest BCUT2D eigenvalue weighted by Crippen LogP contribution is -2.39. The molecule has 0 atom stereocenters. The first kappa shape index (κ1) is 28.4. The van der Waals surface area contributed by atoms with E-state index >= 15 is 0 Å². The minimum absolute atomic E-state index is 0.00321. The van der Waals surface area contributed by atoms with E-state index in [0.717, 1.165) is 44.6 Å². The fourth-order valence-electron chi connectivity index (χ4n) is 4.04. The number of aryl methyl sites for hydroxylation is 2. The summed E-state index contributed by atoms with van der Waals surface area (Å²) >= 11 is 12.2. The van der Waals surface area contributed by atoms with Gasteiger partial charge in [-0.3, -0.25) is 9.10 Å². The lowest BCUT2D eigenvalue weighted by molar-refractivity contribution is -0.119. The summed E-state index contributed by atoms with van der Waals surface area (Å²) in [4.78, 5) is 12.8. The van der Waals surface area contributed by atoms with Crippen LogP contribution in [0, 0.1) is 26.6 Å². The zero-order chi connectivity index (χ0) is 28.3. The van der Waals surface area contributed by atoms with Crippen molar-refractivity contribution in [2.24, 2.45) is 5.10 Å². The maximum Gasteiger partial charge on any atom is 0.264 e. The molecule has 0 unspecified atom stereocenters. The Balaban J connectivity index is 1.55. The highest BCUT2D eigenvalue weighted by molar-refractivity contribution is 7.92. The van der Waals surface area contributed by atoms with Crippen molar-refractivity contribution >= 4 is 51.0 Å². The molecule has 0 spiro atoms. The Morgan fingerprint density at radius 1 is 0.974 bits per heavy atom. The van der Waals surface area contributed by atoms with E-state index in [9.17, 15) is 17.6 Å². The maximum absolute atomic E-state index is 13.5. The van der Waals surface area contributed by atoms with Gasteiger partial charge in [-0.25, -0.2) is 18.2 Å². The van der Waals surface area contributed by atoms with Gasteiger partial charge in [-0.05, 0) is 81.4 Å². The number of hydrogen-bond acceptors (Lipinski definition) is 4. The van der Waals surface area contributed by atoms with Crippen LogP contribution in [0.15, 0.2) is 82.8 Å². The third-order valence-corrected chi connectivity index (χ3v) is 8.56. The van der Waals surface area contributed by atoms with Gasteiger partial charge in [-0.1, -0.05) is 40.9 Å². The minimum Gasteiger partial charge on any atom is -0.318 e. The molecular formula is C28H25Cl2FN4O3S. The monoisotopic (exact) mass is 586 g/mol. The molecule has 202 valence electrons. The topological polar surface area (TPSA) is 83.8 Å². The Morgan fingerprint density at radius 2 is 1.64 bits per heavy atom. The Morgan fingerprint density at radius 3 is 2.28 bits per heavy atom. The quantitative estimate of drug-likeness (QED) is 0.197. The maximum atomic E-state index is 13.5. The van der Waals surface area contributed by atoms with Crippen molar-refractivity contribution in [3.05, 3.63) is 111 Å². The van der Waals surface area contributed by atoms with Gasteiger partial charge in [0.2, 0.25) is 0 Å². The summed E-state index contributed by atoms with van der Waals surface area (Å²) in [5.74, 6) is -1.21. The molecule has 0 saturated heterocycles. The number of nitrogens with zero attached hydrogens (tertiary/aromatic N) is 3. The molecule has 0 fully saturated rings. The summed E-state index contributed by atoms with van der Waals surface area (Å²) < 4.78 is 43.3. The second-order valence-corrected chi connectivity index (χ2v) is 11.5. The second kappa shape index (κ2) is 11.6. The third-order valence-electron chi connectivity index (χ3n) is 6.04. The fraction of sp³-hybridized carbons (Fsp3) is 0.143. The molecule has 1 N–H and O–H groups in total. The van der Waals surface area contributed by atoms with Crippen molar-refractivity contribution in [2.45, 2.75) is 25.7 Å². The van der Waals surface area contributed by atoms with Crippen LogP contribution in [0.2, 0.25) is 10.0 Å². The summed E-state index contributed by atoms with van der Waals surface area (Å²) in [6, 6.07) is 18.3. The van der Waals surface area contributed by atoms with Gasteiger partial charge in [0, 0.05) is 22.6 Å². The van der Waals surface area contributed by atoms with E-state index in [0.29, 0.717) is 10.0 Å². The van der Waals surface area contributed by atoms with Gasteiger partial charge < -0.3 is 4.57 Å². The van der Waals surface area contributed by atoms with Crippen LogP contribution in [0.5, 0.6) is 0 Å². The van der Waals surface area contributed by atoms with E-state index in [-0.39, 0.29) is 10.6 Å². The van der Waals surface area contributed by atoms with Crippen LogP contribution < -0.4 is 9.73 Å². The molecular weight excluding hydrogens is 562 g/mol. The van der Waals surface area contributed by atoms with Crippen LogP contribution >= 0.6 is 23.2 Å². The standard InChI is InChI=1S/C28H25Cl2FN4O3S/c1-18-4-11-25(12-5-18)39(37,38)34(23-8-6-22(31)7-9-23)17-28(36)33-32-16-21-14-19(2)35(20(21)3)24-10-13-26(29)27(30)15-24/h4-16H,17H2,1-3H3,(H,33,36)/b32-16-. The van der Waals surface area contributed by atoms with Crippen LogP contribution in [-0.2, 0) is 14.8 Å². The van der Waals surface area contributed by atoms with E-state index in [2.05, 4.69) is 10.5 Å². The van der Waals surface area contributed by atoms with Crippen LogP contribution in [0.1, 0.15) is 22.5 Å². The van der Waals surface area contributed by atoms with Crippen molar-refractivity contribution < 1.29 is 17.6 Å². The van der Waals surface area contributed by atoms with Crippen molar-refractivity contribution in [3.8, 4) is 5.69 Å². The fourth-order valence-corrected chi connectivity index (χ4v) is 5.75. The van der Waals surface area contributed by atoms with Crippen molar-refractivity contribution in [3.63, 3.8) is 0 Å². The largest absolute Gasteiger partial charge is 0.318 e. The summed E-state index contributed by atoms with van der Waals surface area (Å²) in [6.45, 7) is 5.08. The highest BCUT2D eigenvalue weighted by Gasteiger charge is 2.27. The molecule has 0 saturated carbocycles. The Bertz CT molecular complexity index is 1650. The summed E-state index contributed by atoms with van der Waals surface area (Å²) in [5.41, 5.74) is 6.72. The number of sulfonamides is 1. The lowest BCUT2D eigenvalue weighted by Gasteiger charge is -2.23. The Kier molecular flexibility index (Phi) is 8.44. The van der Waals surface area contributed by atoms with Crippen LogP contribution in [0.4, 0.5) is 10.1 Å². The Labute approximate surface area is 236 Å². The minimum atomic E-state index is -4.13. The number of halogens is 3. The first-order valence-corrected chi connectivity index (χ1v) is 14.0.